The first-order chi connectivity index (χ1) is 16.7. The Morgan fingerprint density at radius 1 is 0.794 bits per heavy atom. The van der Waals surface area contributed by atoms with Crippen molar-refractivity contribution in [3.8, 4) is 0 Å². The molecule has 0 radical (unpaired) electrons. The molecule has 0 spiro atoms. The molecule has 0 N–H and O–H groups in total. The van der Waals surface area contributed by atoms with Gasteiger partial charge in [-0.2, -0.15) is 0 Å². The van der Waals surface area contributed by atoms with Gasteiger partial charge in [-0.05, 0) is 36.1 Å². The fourth-order valence-electron chi connectivity index (χ4n) is 5.97. The lowest BCUT2D eigenvalue weighted by atomic mass is 9.96. The molecule has 1 amide bonds. The molecule has 2 saturated heterocycles. The number of hydrogen-bond donors (Lipinski definition) is 0. The van der Waals surface area contributed by atoms with Crippen LogP contribution in [0.2, 0.25) is 5.02 Å². The lowest BCUT2D eigenvalue weighted by molar-refractivity contribution is -0.135. The normalized spacial score (nSPS) is 22.2. The van der Waals surface area contributed by atoms with E-state index in [-0.39, 0.29) is 6.04 Å². The van der Waals surface area contributed by atoms with Crippen LogP contribution in [-0.2, 0) is 4.79 Å². The van der Waals surface area contributed by atoms with Crippen LogP contribution < -0.4 is 0 Å². The molecule has 1 saturated carbocycles. The molecule has 5 rings (SSSR count). The van der Waals surface area contributed by atoms with Gasteiger partial charge in [-0.1, -0.05) is 66.9 Å². The summed E-state index contributed by atoms with van der Waals surface area (Å²) in [6, 6.07) is 19.9. The molecule has 3 fully saturated rings. The highest BCUT2D eigenvalue weighted by atomic mass is 35.5. The van der Waals surface area contributed by atoms with Gasteiger partial charge in [0.1, 0.15) is 0 Å². The summed E-state index contributed by atoms with van der Waals surface area (Å²) in [4.78, 5) is 22.6. The van der Waals surface area contributed by atoms with Crippen molar-refractivity contribution < 1.29 is 4.79 Å². The predicted octanol–water partition coefficient (Wildman–Crippen LogP) is 4.13. The van der Waals surface area contributed by atoms with Gasteiger partial charge in [-0.25, -0.2) is 0 Å². The van der Waals surface area contributed by atoms with Crippen LogP contribution in [0.15, 0.2) is 54.6 Å². The number of piperazine rings is 2. The molecule has 0 aromatic heterocycles. The highest BCUT2D eigenvalue weighted by Gasteiger charge is 2.30. The van der Waals surface area contributed by atoms with Crippen molar-refractivity contribution in [2.75, 3.05) is 58.9 Å². The Balaban J connectivity index is 1.15. The molecule has 5 nitrogen and oxygen atoms in total. The fourth-order valence-corrected chi connectivity index (χ4v) is 6.10. The number of hydrogen-bond acceptors (Lipinski definition) is 4. The second kappa shape index (κ2) is 11.2. The zero-order valence-corrected chi connectivity index (χ0v) is 20.9. The van der Waals surface area contributed by atoms with Crippen molar-refractivity contribution in [2.24, 2.45) is 0 Å². The number of rotatable bonds is 6. The van der Waals surface area contributed by atoms with E-state index >= 15 is 0 Å². The molecule has 1 atom stereocenters. The maximum Gasteiger partial charge on any atom is 0.236 e. The minimum Gasteiger partial charge on any atom is -0.339 e. The highest BCUT2D eigenvalue weighted by molar-refractivity contribution is 6.30. The van der Waals surface area contributed by atoms with Gasteiger partial charge in [0.15, 0.2) is 0 Å². The Kier molecular flexibility index (Phi) is 7.85. The van der Waals surface area contributed by atoms with E-state index in [1.165, 1.54) is 36.8 Å². The Bertz CT molecular complexity index is 915. The third kappa shape index (κ3) is 5.65. The Morgan fingerprint density at radius 2 is 1.41 bits per heavy atom. The summed E-state index contributed by atoms with van der Waals surface area (Å²) in [6.45, 7) is 8.16. The van der Waals surface area contributed by atoms with Gasteiger partial charge in [0.05, 0.1) is 12.6 Å². The van der Waals surface area contributed by atoms with Crippen molar-refractivity contribution in [2.45, 2.75) is 37.8 Å². The minimum absolute atomic E-state index is 0.208. The summed E-state index contributed by atoms with van der Waals surface area (Å²) in [5.74, 6) is 0.303. The molecular weight excluding hydrogens is 444 g/mol. The molecular formula is C28H37ClN4O. The molecule has 3 aliphatic rings. The van der Waals surface area contributed by atoms with Gasteiger partial charge >= 0.3 is 0 Å². The van der Waals surface area contributed by atoms with E-state index in [0.717, 1.165) is 63.4 Å². The molecule has 2 heterocycles. The van der Waals surface area contributed by atoms with Crippen molar-refractivity contribution >= 4 is 17.5 Å². The second-order valence-electron chi connectivity index (χ2n) is 10.0. The molecule has 6 heteroatoms. The highest BCUT2D eigenvalue weighted by Crippen LogP contribution is 2.30. The molecule has 2 aromatic carbocycles. The molecule has 1 unspecified atom stereocenters. The summed E-state index contributed by atoms with van der Waals surface area (Å²) >= 11 is 6.16. The van der Waals surface area contributed by atoms with Gasteiger partial charge in [-0.15, -0.1) is 0 Å². The third-order valence-corrected chi connectivity index (χ3v) is 8.19. The predicted molar refractivity (Wildman–Crippen MR) is 138 cm³/mol. The first-order valence-corrected chi connectivity index (χ1v) is 13.3. The number of carbonyl (C=O) groups is 1. The summed E-state index contributed by atoms with van der Waals surface area (Å²) in [5, 5.41) is 0.767. The van der Waals surface area contributed by atoms with Crippen LogP contribution >= 0.6 is 11.6 Å². The largest absolute Gasteiger partial charge is 0.339 e. The standard InChI is InChI=1S/C28H37ClN4O/c29-25-12-10-24(11-13-25)28(23-6-2-1-3-7-23)33-16-14-30(15-17-33)22-27(34)32-20-18-31(19-21-32)26-8-4-5-9-26/h1-3,6-7,10-13,26,28H,4-5,8-9,14-22H2. The monoisotopic (exact) mass is 480 g/mol. The lowest BCUT2D eigenvalue weighted by Crippen LogP contribution is -2.55. The van der Waals surface area contributed by atoms with Crippen LogP contribution in [0.25, 0.3) is 0 Å². The van der Waals surface area contributed by atoms with Crippen LogP contribution in [0, 0.1) is 0 Å². The van der Waals surface area contributed by atoms with Crippen LogP contribution in [0.3, 0.4) is 0 Å². The SMILES string of the molecule is O=C(CN1CCN(C(c2ccccc2)c2ccc(Cl)cc2)CC1)N1CCN(C2CCCC2)CC1. The van der Waals surface area contributed by atoms with Crippen molar-refractivity contribution in [1.29, 1.82) is 0 Å². The van der Waals surface area contributed by atoms with Gasteiger partial charge in [0.2, 0.25) is 5.91 Å². The smallest absolute Gasteiger partial charge is 0.236 e. The molecule has 2 aliphatic heterocycles. The average molecular weight is 481 g/mol. The van der Waals surface area contributed by atoms with Crippen LogP contribution in [0.1, 0.15) is 42.9 Å². The molecule has 0 bridgehead atoms. The number of carbonyl (C=O) groups excluding carboxylic acids is 1. The summed E-state index contributed by atoms with van der Waals surface area (Å²) in [5.41, 5.74) is 2.56. The van der Waals surface area contributed by atoms with Gasteiger partial charge < -0.3 is 4.90 Å². The average Bonchev–Trinajstić information content (AvgIpc) is 3.42. The Morgan fingerprint density at radius 3 is 2.06 bits per heavy atom. The minimum atomic E-state index is 0.208. The zero-order chi connectivity index (χ0) is 23.3. The maximum atomic E-state index is 13.0. The van der Waals surface area contributed by atoms with E-state index in [1.54, 1.807) is 0 Å². The third-order valence-electron chi connectivity index (χ3n) is 7.94. The topological polar surface area (TPSA) is 30.0 Å². The summed E-state index contributed by atoms with van der Waals surface area (Å²) < 4.78 is 0. The van der Waals surface area contributed by atoms with Gasteiger partial charge in [-0.3, -0.25) is 19.5 Å². The van der Waals surface area contributed by atoms with Crippen molar-refractivity contribution in [3.05, 3.63) is 70.7 Å². The van der Waals surface area contributed by atoms with Crippen molar-refractivity contribution in [1.82, 2.24) is 19.6 Å². The van der Waals surface area contributed by atoms with Crippen LogP contribution in [0.4, 0.5) is 0 Å². The first kappa shape index (κ1) is 23.8. The van der Waals surface area contributed by atoms with E-state index in [1.807, 2.05) is 12.1 Å². The lowest BCUT2D eigenvalue weighted by Gasteiger charge is -2.41. The number of amides is 1. The Hall–Kier alpha value is -1.92. The van der Waals surface area contributed by atoms with Crippen LogP contribution in [-0.4, -0.2) is 90.5 Å². The molecule has 34 heavy (non-hydrogen) atoms. The number of halogens is 1. The van der Waals surface area contributed by atoms with Gasteiger partial charge in [0, 0.05) is 63.4 Å². The van der Waals surface area contributed by atoms with Crippen molar-refractivity contribution in [3.63, 3.8) is 0 Å². The second-order valence-corrected chi connectivity index (χ2v) is 10.5. The van der Waals surface area contributed by atoms with E-state index in [2.05, 4.69) is 62.1 Å². The molecule has 1 aliphatic carbocycles. The quantitative estimate of drug-likeness (QED) is 0.621. The van der Waals surface area contributed by atoms with Gasteiger partial charge in [0.25, 0.3) is 0 Å². The fraction of sp³-hybridized carbons (Fsp3) is 0.536. The molecule has 2 aromatic rings. The van der Waals surface area contributed by atoms with E-state index in [4.69, 9.17) is 11.6 Å². The summed E-state index contributed by atoms with van der Waals surface area (Å²) in [6.07, 6.45) is 5.44. The summed E-state index contributed by atoms with van der Waals surface area (Å²) in [7, 11) is 0. The van der Waals surface area contributed by atoms with Crippen LogP contribution in [0.5, 0.6) is 0 Å². The van der Waals surface area contributed by atoms with E-state index in [9.17, 15) is 4.79 Å². The Labute approximate surface area is 209 Å². The van der Waals surface area contributed by atoms with E-state index in [0.29, 0.717) is 12.5 Å². The number of nitrogens with zero attached hydrogens (tertiary/aromatic N) is 4. The first-order valence-electron chi connectivity index (χ1n) is 13.0. The maximum absolute atomic E-state index is 13.0. The molecule has 182 valence electrons. The zero-order valence-electron chi connectivity index (χ0n) is 20.1. The van der Waals surface area contributed by atoms with E-state index < -0.39 is 0 Å². The number of benzene rings is 2.